The van der Waals surface area contributed by atoms with Crippen molar-refractivity contribution in [3.05, 3.63) is 66.2 Å². The van der Waals surface area contributed by atoms with Crippen molar-refractivity contribution in [3.63, 3.8) is 0 Å². The van der Waals surface area contributed by atoms with Crippen LogP contribution < -0.4 is 10.2 Å². The fraction of sp³-hybridized carbons (Fsp3) is 0.568. The van der Waals surface area contributed by atoms with Gasteiger partial charge in [-0.05, 0) is 83.2 Å². The highest BCUT2D eigenvalue weighted by molar-refractivity contribution is 5.78. The van der Waals surface area contributed by atoms with Crippen LogP contribution in [0.3, 0.4) is 0 Å². The number of unbranched alkanes of at least 4 members (excludes halogenated alkanes) is 1. The molecular weight excluding hydrogens is 520 g/mol. The normalized spacial score (nSPS) is 10.8. The average Bonchev–Trinajstić information content (AvgIpc) is 2.93. The molecule has 0 aliphatic heterocycles. The number of benzene rings is 2. The lowest BCUT2D eigenvalue weighted by Crippen LogP contribution is -2.24. The van der Waals surface area contributed by atoms with E-state index in [2.05, 4.69) is 87.0 Å². The van der Waals surface area contributed by atoms with E-state index in [9.17, 15) is 9.59 Å². The molecule has 1 atom stereocenters. The predicted octanol–water partition coefficient (Wildman–Crippen LogP) is 10.5. The molecule has 238 valence electrons. The fourth-order valence-electron chi connectivity index (χ4n) is 3.89. The third-order valence-electron chi connectivity index (χ3n) is 6.11. The molecule has 0 unspecified atom stereocenters. The first kappa shape index (κ1) is 41.1. The number of ether oxygens (including phenoxy) is 1. The zero-order chi connectivity index (χ0) is 32.7. The van der Waals surface area contributed by atoms with Crippen molar-refractivity contribution in [1.29, 1.82) is 0 Å². The molecule has 0 aliphatic carbocycles. The number of anilines is 2. The number of rotatable bonds is 12. The molecule has 0 saturated carbocycles. The van der Waals surface area contributed by atoms with Crippen molar-refractivity contribution in [3.8, 4) is 0 Å². The molecule has 0 aromatic heterocycles. The van der Waals surface area contributed by atoms with Gasteiger partial charge in [0.15, 0.2) is 0 Å². The third kappa shape index (κ3) is 19.9. The average molecular weight is 583 g/mol. The van der Waals surface area contributed by atoms with Crippen LogP contribution in [-0.4, -0.2) is 30.4 Å². The molecule has 2 aromatic carbocycles. The Labute approximate surface area is 259 Å². The monoisotopic (exact) mass is 582 g/mol. The lowest BCUT2D eigenvalue weighted by Gasteiger charge is -2.24. The molecule has 0 saturated heterocycles. The zero-order valence-corrected chi connectivity index (χ0v) is 29.0. The van der Waals surface area contributed by atoms with E-state index in [0.717, 1.165) is 49.3 Å². The smallest absolute Gasteiger partial charge is 0.303 e. The van der Waals surface area contributed by atoms with Crippen LogP contribution in [0.2, 0.25) is 0 Å². The summed E-state index contributed by atoms with van der Waals surface area (Å²) in [7, 11) is 0. The molecule has 0 amide bonds. The van der Waals surface area contributed by atoms with E-state index >= 15 is 0 Å². The predicted molar refractivity (Wildman–Crippen MR) is 185 cm³/mol. The van der Waals surface area contributed by atoms with E-state index in [4.69, 9.17) is 4.74 Å². The van der Waals surface area contributed by atoms with Crippen molar-refractivity contribution in [1.82, 2.24) is 0 Å². The van der Waals surface area contributed by atoms with Gasteiger partial charge in [0.1, 0.15) is 11.4 Å². The Bertz CT molecular complexity index is 1020. The Kier molecular flexibility index (Phi) is 23.0. The maximum absolute atomic E-state index is 10.6. The van der Waals surface area contributed by atoms with Crippen molar-refractivity contribution in [2.75, 3.05) is 23.3 Å². The first-order valence-corrected chi connectivity index (χ1v) is 15.8. The summed E-state index contributed by atoms with van der Waals surface area (Å²) in [6.45, 7) is 29.7. The summed E-state index contributed by atoms with van der Waals surface area (Å²) in [5, 5.41) is 3.44. The number of nitrogens with zero attached hydrogens (tertiary/aromatic N) is 1. The number of ketones is 1. The second kappa shape index (κ2) is 23.5. The van der Waals surface area contributed by atoms with Gasteiger partial charge in [-0.2, -0.15) is 0 Å². The molecule has 5 nitrogen and oxygen atoms in total. The minimum Gasteiger partial charge on any atom is -0.460 e. The maximum atomic E-state index is 10.6. The van der Waals surface area contributed by atoms with E-state index < -0.39 is 0 Å². The Morgan fingerprint density at radius 3 is 1.93 bits per heavy atom. The van der Waals surface area contributed by atoms with Gasteiger partial charge in [0.2, 0.25) is 0 Å². The summed E-state index contributed by atoms with van der Waals surface area (Å²) < 4.78 is 4.80. The Balaban J connectivity index is 0. The van der Waals surface area contributed by atoms with Crippen molar-refractivity contribution in [2.45, 2.75) is 121 Å². The molecule has 2 rings (SSSR count). The number of Topliss-reactive ketones (excluding diaryl/α,β-unsaturated/α-hetero) is 1. The van der Waals surface area contributed by atoms with Gasteiger partial charge in [0, 0.05) is 43.0 Å². The Morgan fingerprint density at radius 1 is 0.929 bits per heavy atom. The van der Waals surface area contributed by atoms with E-state index in [-0.39, 0.29) is 17.5 Å². The molecule has 1 N–H and O–H groups in total. The van der Waals surface area contributed by atoms with Crippen LogP contribution in [0.5, 0.6) is 0 Å². The van der Waals surface area contributed by atoms with Crippen LogP contribution in [-0.2, 0) is 14.3 Å². The molecule has 0 aliphatic rings. The summed E-state index contributed by atoms with van der Waals surface area (Å²) in [6.07, 6.45) is 5.75. The van der Waals surface area contributed by atoms with Gasteiger partial charge in [-0.1, -0.05) is 91.3 Å². The number of esters is 1. The molecule has 0 fully saturated rings. The van der Waals surface area contributed by atoms with Crippen LogP contribution in [0.4, 0.5) is 11.4 Å². The van der Waals surface area contributed by atoms with Gasteiger partial charge in [-0.25, -0.2) is 0 Å². The molecular formula is C37H62N2O3. The van der Waals surface area contributed by atoms with Crippen molar-refractivity contribution < 1.29 is 14.3 Å². The standard InChI is InChI=1S/C21H28N2.C8H16O.C6H12O2.C2H6/c1-5-14-23(15-6-2)20-12-9-11-19(16-20)18(4)22-21-13-8-7-10-17(21)3;1-4-5-6-7(2)8(3)9;1-5(7)8-6(2,3)4;1-2/h7-13,16,22H,4-6,14-15H2,1-3H3;7H,4-6H2,1-3H3;1-4H3;1-2H3/t;7-;;/m.0../s1. The summed E-state index contributed by atoms with van der Waals surface area (Å²) in [5.74, 6) is 0.380. The van der Waals surface area contributed by atoms with Crippen LogP contribution in [0, 0.1) is 12.8 Å². The highest BCUT2D eigenvalue weighted by Gasteiger charge is 2.12. The minimum absolute atomic E-state index is 0.225. The van der Waals surface area contributed by atoms with Crippen LogP contribution in [0.1, 0.15) is 119 Å². The number of carbonyl (C=O) groups is 2. The summed E-state index contributed by atoms with van der Waals surface area (Å²) >= 11 is 0. The number of aryl methyl sites for hydroxylation is 1. The van der Waals surface area contributed by atoms with Gasteiger partial charge in [-0.15, -0.1) is 0 Å². The third-order valence-corrected chi connectivity index (χ3v) is 6.11. The summed E-state index contributed by atoms with van der Waals surface area (Å²) in [4.78, 5) is 23.3. The maximum Gasteiger partial charge on any atom is 0.303 e. The van der Waals surface area contributed by atoms with Gasteiger partial charge in [0.25, 0.3) is 0 Å². The molecule has 0 heterocycles. The van der Waals surface area contributed by atoms with Crippen molar-refractivity contribution >= 4 is 28.8 Å². The molecule has 5 heteroatoms. The summed E-state index contributed by atoms with van der Waals surface area (Å²) in [5.41, 5.74) is 5.37. The van der Waals surface area contributed by atoms with Gasteiger partial charge in [0.05, 0.1) is 0 Å². The molecule has 0 bridgehead atoms. The first-order valence-electron chi connectivity index (χ1n) is 15.8. The van der Waals surface area contributed by atoms with E-state index in [0.29, 0.717) is 5.78 Å². The van der Waals surface area contributed by atoms with Crippen LogP contribution >= 0.6 is 0 Å². The number of hydrogen-bond donors (Lipinski definition) is 1. The van der Waals surface area contributed by atoms with Gasteiger partial charge < -0.3 is 15.0 Å². The molecule has 42 heavy (non-hydrogen) atoms. The topological polar surface area (TPSA) is 58.6 Å². The van der Waals surface area contributed by atoms with E-state index in [1.165, 1.54) is 31.0 Å². The lowest BCUT2D eigenvalue weighted by molar-refractivity contribution is -0.151. The zero-order valence-electron chi connectivity index (χ0n) is 29.0. The highest BCUT2D eigenvalue weighted by atomic mass is 16.6. The molecule has 0 spiro atoms. The highest BCUT2D eigenvalue weighted by Crippen LogP contribution is 2.24. The largest absolute Gasteiger partial charge is 0.460 e. The number of nitrogens with one attached hydrogen (secondary N) is 1. The first-order chi connectivity index (χ1) is 19.7. The lowest BCUT2D eigenvalue weighted by atomic mass is 10.0. The summed E-state index contributed by atoms with van der Waals surface area (Å²) in [6, 6.07) is 17.0. The van der Waals surface area contributed by atoms with Crippen molar-refractivity contribution in [2.24, 2.45) is 5.92 Å². The minimum atomic E-state index is -0.328. The fourth-order valence-corrected chi connectivity index (χ4v) is 3.89. The molecule has 2 aromatic rings. The second-order valence-corrected chi connectivity index (χ2v) is 11.3. The van der Waals surface area contributed by atoms with E-state index in [1.54, 1.807) is 6.92 Å². The van der Waals surface area contributed by atoms with Gasteiger partial charge >= 0.3 is 5.97 Å². The quantitative estimate of drug-likeness (QED) is 0.252. The van der Waals surface area contributed by atoms with Crippen LogP contribution in [0.15, 0.2) is 55.1 Å². The number of para-hydroxylation sites is 1. The SMILES string of the molecule is C=C(Nc1ccccc1C)c1cccc(N(CCC)CCC)c1.CC.CC(=O)OC(C)(C)C.CCCC[C@H](C)C(C)=O. The molecule has 0 radical (unpaired) electrons. The number of carbonyl (C=O) groups excluding carboxylic acids is 2. The Morgan fingerprint density at radius 2 is 1.50 bits per heavy atom. The van der Waals surface area contributed by atoms with Gasteiger partial charge in [-0.3, -0.25) is 9.59 Å². The Hall–Kier alpha value is -3.08. The second-order valence-electron chi connectivity index (χ2n) is 11.3. The number of hydrogen-bond acceptors (Lipinski definition) is 5. The van der Waals surface area contributed by atoms with Crippen LogP contribution in [0.25, 0.3) is 5.70 Å². The van der Waals surface area contributed by atoms with E-state index in [1.807, 2.05) is 47.6 Å².